The summed E-state index contributed by atoms with van der Waals surface area (Å²) in [6, 6.07) is 14.9. The van der Waals surface area contributed by atoms with E-state index in [0.29, 0.717) is 5.92 Å². The predicted molar refractivity (Wildman–Crippen MR) is 134 cm³/mol. The summed E-state index contributed by atoms with van der Waals surface area (Å²) in [5.41, 5.74) is 3.36. The van der Waals surface area contributed by atoms with E-state index in [1.807, 2.05) is 20.0 Å². The van der Waals surface area contributed by atoms with Crippen molar-refractivity contribution in [2.24, 2.45) is 0 Å². The number of likely N-dealkylation sites (tertiary alicyclic amines) is 1. The van der Waals surface area contributed by atoms with Gasteiger partial charge in [0, 0.05) is 43.5 Å². The molecule has 5 rings (SSSR count). The van der Waals surface area contributed by atoms with E-state index >= 15 is 0 Å². The van der Waals surface area contributed by atoms with Gasteiger partial charge in [0.05, 0.1) is 12.2 Å². The molecule has 3 heterocycles. The molecule has 1 fully saturated rings. The lowest BCUT2D eigenvalue weighted by Crippen LogP contribution is -2.43. The van der Waals surface area contributed by atoms with Crippen molar-refractivity contribution in [2.45, 2.75) is 45.7 Å². The van der Waals surface area contributed by atoms with Gasteiger partial charge in [0.1, 0.15) is 11.6 Å². The molecule has 170 valence electrons. The first-order valence-corrected chi connectivity index (χ1v) is 11.9. The van der Waals surface area contributed by atoms with Crippen LogP contribution in [-0.2, 0) is 13.1 Å². The van der Waals surface area contributed by atoms with Crippen LogP contribution in [0.3, 0.4) is 0 Å². The number of aryl methyl sites for hydroxylation is 2. The second kappa shape index (κ2) is 9.35. The van der Waals surface area contributed by atoms with Gasteiger partial charge in [-0.1, -0.05) is 47.6 Å². The molecule has 7 heteroatoms. The molecule has 0 spiro atoms. The molecule has 2 aromatic heterocycles. The minimum atomic E-state index is 0.428. The number of hydrogen-bond acceptors (Lipinski definition) is 4. The van der Waals surface area contributed by atoms with Crippen molar-refractivity contribution in [2.75, 3.05) is 13.1 Å². The standard InChI is InChI=1S/C26H29N5OS/c1-18-24(19(2)32-29-18)17-31-15-12-27-25(31)21-10-13-30(14-11-21)26(33)28-16-22-8-5-7-20-6-3-4-9-23(20)22/h3-9,12,15,21H,10-11,13-14,16-17H2,1-2H3,(H,28,33). The smallest absolute Gasteiger partial charge is 0.169 e. The van der Waals surface area contributed by atoms with Gasteiger partial charge in [0.2, 0.25) is 0 Å². The number of piperidine rings is 1. The fourth-order valence-electron chi connectivity index (χ4n) is 4.78. The average Bonchev–Trinajstić information content (AvgIpc) is 3.44. The summed E-state index contributed by atoms with van der Waals surface area (Å²) >= 11 is 5.74. The second-order valence-electron chi connectivity index (χ2n) is 8.77. The monoisotopic (exact) mass is 459 g/mol. The van der Waals surface area contributed by atoms with Gasteiger partial charge in [-0.15, -0.1) is 0 Å². The van der Waals surface area contributed by atoms with Gasteiger partial charge in [-0.3, -0.25) is 0 Å². The van der Waals surface area contributed by atoms with Crippen LogP contribution in [0.2, 0.25) is 0 Å². The molecule has 0 unspecified atom stereocenters. The Bertz CT molecular complexity index is 1240. The third-order valence-corrected chi connectivity index (χ3v) is 7.12. The number of imidazole rings is 1. The summed E-state index contributed by atoms with van der Waals surface area (Å²) < 4.78 is 7.58. The Kier molecular flexibility index (Phi) is 6.13. The molecule has 0 atom stereocenters. The molecule has 0 radical (unpaired) electrons. The Balaban J connectivity index is 1.19. The zero-order chi connectivity index (χ0) is 22.8. The molecule has 6 nitrogen and oxygen atoms in total. The number of rotatable bonds is 5. The second-order valence-corrected chi connectivity index (χ2v) is 9.16. The van der Waals surface area contributed by atoms with Crippen LogP contribution in [0.5, 0.6) is 0 Å². The van der Waals surface area contributed by atoms with E-state index in [9.17, 15) is 0 Å². The SMILES string of the molecule is Cc1noc(C)c1Cn1ccnc1C1CCN(C(=S)NCc2cccc3ccccc23)CC1. The van der Waals surface area contributed by atoms with E-state index < -0.39 is 0 Å². The lowest BCUT2D eigenvalue weighted by Gasteiger charge is -2.34. The van der Waals surface area contributed by atoms with Crippen LogP contribution in [-0.4, -0.2) is 37.8 Å². The molecule has 1 saturated heterocycles. The van der Waals surface area contributed by atoms with Crippen LogP contribution in [0.15, 0.2) is 59.4 Å². The third kappa shape index (κ3) is 4.50. The maximum atomic E-state index is 5.74. The summed E-state index contributed by atoms with van der Waals surface area (Å²) in [7, 11) is 0. The van der Waals surface area contributed by atoms with Gasteiger partial charge in [0.25, 0.3) is 0 Å². The Morgan fingerprint density at radius 2 is 1.91 bits per heavy atom. The van der Waals surface area contributed by atoms with E-state index in [0.717, 1.165) is 67.0 Å². The van der Waals surface area contributed by atoms with Crippen molar-refractivity contribution < 1.29 is 4.52 Å². The van der Waals surface area contributed by atoms with Crippen LogP contribution < -0.4 is 5.32 Å². The predicted octanol–water partition coefficient (Wildman–Crippen LogP) is 4.94. The van der Waals surface area contributed by atoms with Crippen molar-refractivity contribution >= 4 is 28.1 Å². The molecule has 1 N–H and O–H groups in total. The lowest BCUT2D eigenvalue weighted by molar-refractivity contribution is 0.300. The highest BCUT2D eigenvalue weighted by molar-refractivity contribution is 7.80. The molecule has 0 amide bonds. The number of aromatic nitrogens is 3. The summed E-state index contributed by atoms with van der Waals surface area (Å²) in [6.45, 7) is 7.32. The lowest BCUT2D eigenvalue weighted by atomic mass is 9.96. The van der Waals surface area contributed by atoms with E-state index in [1.54, 1.807) is 0 Å². The largest absolute Gasteiger partial charge is 0.361 e. The van der Waals surface area contributed by atoms with E-state index in [4.69, 9.17) is 21.7 Å². The molecular formula is C26H29N5OS. The molecule has 1 aliphatic rings. The van der Waals surface area contributed by atoms with E-state index in [-0.39, 0.29) is 0 Å². The van der Waals surface area contributed by atoms with Crippen LogP contribution in [0.1, 0.15) is 47.2 Å². The van der Waals surface area contributed by atoms with Gasteiger partial charge in [-0.2, -0.15) is 0 Å². The van der Waals surface area contributed by atoms with Crippen LogP contribution >= 0.6 is 12.2 Å². The molecule has 0 aliphatic carbocycles. The maximum absolute atomic E-state index is 5.74. The van der Waals surface area contributed by atoms with Crippen molar-refractivity contribution in [1.82, 2.24) is 24.9 Å². The first-order valence-electron chi connectivity index (χ1n) is 11.5. The Morgan fingerprint density at radius 3 is 2.70 bits per heavy atom. The topological polar surface area (TPSA) is 59.1 Å². The summed E-state index contributed by atoms with van der Waals surface area (Å²) in [5, 5.41) is 10.9. The van der Waals surface area contributed by atoms with Crippen LogP contribution in [0, 0.1) is 13.8 Å². The summed E-state index contributed by atoms with van der Waals surface area (Å²) in [5.74, 6) is 2.45. The highest BCUT2D eigenvalue weighted by Crippen LogP contribution is 2.28. The molecular weight excluding hydrogens is 430 g/mol. The molecule has 4 aromatic rings. The Morgan fingerprint density at radius 1 is 1.12 bits per heavy atom. The van der Waals surface area contributed by atoms with Gasteiger partial charge in [-0.25, -0.2) is 4.98 Å². The number of nitrogens with zero attached hydrogens (tertiary/aromatic N) is 4. The summed E-state index contributed by atoms with van der Waals surface area (Å²) in [4.78, 5) is 6.99. The normalized spacial score (nSPS) is 14.7. The molecule has 0 saturated carbocycles. The molecule has 2 aromatic carbocycles. The minimum Gasteiger partial charge on any atom is -0.361 e. The van der Waals surface area contributed by atoms with Gasteiger partial charge in [0.15, 0.2) is 5.11 Å². The van der Waals surface area contributed by atoms with Gasteiger partial charge >= 0.3 is 0 Å². The fraction of sp³-hybridized carbons (Fsp3) is 0.346. The first kappa shape index (κ1) is 21.6. The average molecular weight is 460 g/mol. The van der Waals surface area contributed by atoms with Crippen molar-refractivity contribution in [1.29, 1.82) is 0 Å². The fourth-order valence-corrected chi connectivity index (χ4v) is 5.04. The van der Waals surface area contributed by atoms with Crippen molar-refractivity contribution in [3.63, 3.8) is 0 Å². The number of thiocarbonyl (C=S) groups is 1. The van der Waals surface area contributed by atoms with Gasteiger partial charge < -0.3 is 19.3 Å². The number of fused-ring (bicyclic) bond motifs is 1. The van der Waals surface area contributed by atoms with Crippen molar-refractivity contribution in [3.05, 3.63) is 83.3 Å². The number of benzene rings is 2. The number of hydrogen-bond donors (Lipinski definition) is 1. The zero-order valence-electron chi connectivity index (χ0n) is 19.1. The number of nitrogens with one attached hydrogen (secondary N) is 1. The minimum absolute atomic E-state index is 0.428. The Labute approximate surface area is 199 Å². The van der Waals surface area contributed by atoms with E-state index in [1.165, 1.54) is 16.3 Å². The van der Waals surface area contributed by atoms with Crippen LogP contribution in [0.25, 0.3) is 10.8 Å². The Hall–Kier alpha value is -3.19. The van der Waals surface area contributed by atoms with Crippen molar-refractivity contribution in [3.8, 4) is 0 Å². The molecule has 33 heavy (non-hydrogen) atoms. The quantitative estimate of drug-likeness (QED) is 0.427. The highest BCUT2D eigenvalue weighted by atomic mass is 32.1. The zero-order valence-corrected chi connectivity index (χ0v) is 19.9. The van der Waals surface area contributed by atoms with E-state index in [2.05, 4.69) is 68.6 Å². The maximum Gasteiger partial charge on any atom is 0.169 e. The third-order valence-electron chi connectivity index (χ3n) is 6.71. The highest BCUT2D eigenvalue weighted by Gasteiger charge is 2.25. The van der Waals surface area contributed by atoms with Crippen LogP contribution in [0.4, 0.5) is 0 Å². The van der Waals surface area contributed by atoms with Gasteiger partial charge in [-0.05, 0) is 55.2 Å². The summed E-state index contributed by atoms with van der Waals surface area (Å²) in [6.07, 6.45) is 6.03. The first-order chi connectivity index (χ1) is 16.1. The molecule has 1 aliphatic heterocycles. The molecule has 0 bridgehead atoms.